The summed E-state index contributed by atoms with van der Waals surface area (Å²) in [5.41, 5.74) is 8.23. The first-order chi connectivity index (χ1) is 8.56. The van der Waals surface area contributed by atoms with Crippen LogP contribution in [0.5, 0.6) is 0 Å². The maximum atomic E-state index is 5.77. The summed E-state index contributed by atoms with van der Waals surface area (Å²) in [5.74, 6) is 0. The number of hydrogen-bond donors (Lipinski definition) is 2. The van der Waals surface area contributed by atoms with Crippen molar-refractivity contribution in [2.75, 3.05) is 11.9 Å². The average Bonchev–Trinajstić information content (AvgIpc) is 2.29. The van der Waals surface area contributed by atoms with Gasteiger partial charge in [0.1, 0.15) is 4.99 Å². The van der Waals surface area contributed by atoms with Gasteiger partial charge in [0.05, 0.1) is 0 Å². The third kappa shape index (κ3) is 2.86. The fraction of sp³-hybridized carbons (Fsp3) is 0.500. The third-order valence-corrected chi connectivity index (χ3v) is 4.78. The predicted molar refractivity (Wildman–Crippen MR) is 85.1 cm³/mol. The van der Waals surface area contributed by atoms with E-state index in [2.05, 4.69) is 28.2 Å². The monoisotopic (exact) mass is 326 g/mol. The molecule has 0 spiro atoms. The van der Waals surface area contributed by atoms with Gasteiger partial charge in [-0.1, -0.05) is 41.5 Å². The van der Waals surface area contributed by atoms with Crippen LogP contribution in [0.4, 0.5) is 5.69 Å². The molecule has 4 heteroatoms. The quantitative estimate of drug-likeness (QED) is 0.801. The van der Waals surface area contributed by atoms with Crippen molar-refractivity contribution in [1.29, 1.82) is 0 Å². The Bertz CT molecular complexity index is 450. The van der Waals surface area contributed by atoms with Crippen LogP contribution < -0.4 is 11.1 Å². The van der Waals surface area contributed by atoms with Crippen LogP contribution in [0, 0.1) is 5.41 Å². The predicted octanol–water partition coefficient (Wildman–Crippen LogP) is 4.08. The van der Waals surface area contributed by atoms with E-state index in [1.165, 1.54) is 25.7 Å². The molecule has 1 fully saturated rings. The van der Waals surface area contributed by atoms with Gasteiger partial charge < -0.3 is 11.1 Å². The second-order valence-electron chi connectivity index (χ2n) is 5.11. The van der Waals surface area contributed by atoms with Crippen LogP contribution in [0.2, 0.25) is 0 Å². The Kier molecular flexibility index (Phi) is 4.28. The molecule has 0 aromatic heterocycles. The molecule has 0 saturated heterocycles. The van der Waals surface area contributed by atoms with Gasteiger partial charge in [-0.05, 0) is 42.9 Å². The first kappa shape index (κ1) is 13.8. The summed E-state index contributed by atoms with van der Waals surface area (Å²) in [4.78, 5) is 0.443. The van der Waals surface area contributed by atoms with Gasteiger partial charge in [-0.2, -0.15) is 0 Å². The smallest absolute Gasteiger partial charge is 0.106 e. The van der Waals surface area contributed by atoms with Crippen LogP contribution in [0.15, 0.2) is 22.7 Å². The number of halogens is 1. The Labute approximate surface area is 122 Å². The van der Waals surface area contributed by atoms with Gasteiger partial charge in [0, 0.05) is 22.3 Å². The Morgan fingerprint density at radius 3 is 2.72 bits per heavy atom. The molecule has 2 nitrogen and oxygen atoms in total. The van der Waals surface area contributed by atoms with E-state index < -0.39 is 0 Å². The first-order valence-corrected chi connectivity index (χ1v) is 7.60. The van der Waals surface area contributed by atoms with Crippen LogP contribution in [-0.4, -0.2) is 11.5 Å². The van der Waals surface area contributed by atoms with Crippen LogP contribution in [0.25, 0.3) is 0 Å². The summed E-state index contributed by atoms with van der Waals surface area (Å²) in [6.45, 7) is 3.29. The minimum Gasteiger partial charge on any atom is -0.389 e. The molecule has 0 atom stereocenters. The summed E-state index contributed by atoms with van der Waals surface area (Å²) in [6, 6.07) is 6.04. The molecule has 1 aliphatic carbocycles. The number of thiocarbonyl (C=S) groups is 1. The zero-order chi connectivity index (χ0) is 13.2. The van der Waals surface area contributed by atoms with Gasteiger partial charge in [-0.3, -0.25) is 0 Å². The number of anilines is 1. The highest BCUT2D eigenvalue weighted by Crippen LogP contribution is 2.43. The second-order valence-corrected chi connectivity index (χ2v) is 6.47. The molecule has 0 bridgehead atoms. The van der Waals surface area contributed by atoms with Crippen molar-refractivity contribution in [2.24, 2.45) is 11.1 Å². The zero-order valence-corrected chi connectivity index (χ0v) is 13.0. The molecule has 1 saturated carbocycles. The van der Waals surface area contributed by atoms with Crippen molar-refractivity contribution in [1.82, 2.24) is 0 Å². The van der Waals surface area contributed by atoms with Crippen molar-refractivity contribution >= 4 is 38.8 Å². The molecule has 0 radical (unpaired) electrons. The van der Waals surface area contributed by atoms with Gasteiger partial charge >= 0.3 is 0 Å². The summed E-state index contributed by atoms with van der Waals surface area (Å²) < 4.78 is 1.00. The van der Waals surface area contributed by atoms with Crippen LogP contribution in [-0.2, 0) is 0 Å². The molecular formula is C14H19BrN2S. The lowest BCUT2D eigenvalue weighted by molar-refractivity contribution is 0.145. The number of hydrogen-bond acceptors (Lipinski definition) is 2. The summed E-state index contributed by atoms with van der Waals surface area (Å²) in [7, 11) is 0. The molecule has 1 aromatic rings. The number of benzene rings is 1. The van der Waals surface area contributed by atoms with Crippen molar-refractivity contribution in [3.8, 4) is 0 Å². The molecule has 3 N–H and O–H groups in total. The Hall–Kier alpha value is -0.610. The molecule has 0 aliphatic heterocycles. The molecule has 18 heavy (non-hydrogen) atoms. The molecule has 98 valence electrons. The fourth-order valence-corrected chi connectivity index (χ4v) is 3.02. The number of nitrogens with one attached hydrogen (secondary N) is 1. The molecule has 0 unspecified atom stereocenters. The van der Waals surface area contributed by atoms with E-state index in [-0.39, 0.29) is 0 Å². The molecule has 0 heterocycles. The fourth-order valence-electron chi connectivity index (χ4n) is 2.49. The molecule has 2 rings (SSSR count). The Morgan fingerprint density at radius 2 is 2.22 bits per heavy atom. The highest BCUT2D eigenvalue weighted by atomic mass is 79.9. The standard InChI is InChI=1S/C14H19BrN2S/c1-2-14(6-3-7-14)9-17-12-5-4-10(15)8-11(12)13(16)18/h4-5,8,17H,2-3,6-7,9H2,1H3,(H2,16,18). The van der Waals surface area contributed by atoms with Crippen molar-refractivity contribution in [3.63, 3.8) is 0 Å². The molecule has 1 aromatic carbocycles. The highest BCUT2D eigenvalue weighted by Gasteiger charge is 2.34. The average molecular weight is 327 g/mol. The van der Waals surface area contributed by atoms with Gasteiger partial charge in [0.2, 0.25) is 0 Å². The van der Waals surface area contributed by atoms with Gasteiger partial charge in [-0.25, -0.2) is 0 Å². The van der Waals surface area contributed by atoms with Gasteiger partial charge in [0.15, 0.2) is 0 Å². The van der Waals surface area contributed by atoms with Crippen molar-refractivity contribution in [2.45, 2.75) is 32.6 Å². The van der Waals surface area contributed by atoms with E-state index in [1.54, 1.807) is 0 Å². The minimum atomic E-state index is 0.443. The van der Waals surface area contributed by atoms with Crippen LogP contribution in [0.1, 0.15) is 38.2 Å². The maximum absolute atomic E-state index is 5.77. The lowest BCUT2D eigenvalue weighted by Gasteiger charge is -2.41. The van der Waals surface area contributed by atoms with Crippen LogP contribution >= 0.6 is 28.1 Å². The van der Waals surface area contributed by atoms with Crippen LogP contribution in [0.3, 0.4) is 0 Å². The maximum Gasteiger partial charge on any atom is 0.106 e. The number of rotatable bonds is 5. The van der Waals surface area contributed by atoms with E-state index in [4.69, 9.17) is 18.0 Å². The largest absolute Gasteiger partial charge is 0.389 e. The SMILES string of the molecule is CCC1(CNc2ccc(Br)cc2C(N)=S)CCC1. The van der Waals surface area contributed by atoms with E-state index in [0.717, 1.165) is 22.3 Å². The van der Waals surface area contributed by atoms with E-state index in [0.29, 0.717) is 10.4 Å². The Morgan fingerprint density at radius 1 is 1.50 bits per heavy atom. The first-order valence-electron chi connectivity index (χ1n) is 6.39. The molecule has 1 aliphatic rings. The second kappa shape index (κ2) is 5.57. The normalized spacial score (nSPS) is 17.0. The van der Waals surface area contributed by atoms with Gasteiger partial charge in [0.25, 0.3) is 0 Å². The van der Waals surface area contributed by atoms with Gasteiger partial charge in [-0.15, -0.1) is 0 Å². The summed E-state index contributed by atoms with van der Waals surface area (Å²) in [6.07, 6.45) is 5.25. The van der Waals surface area contributed by atoms with E-state index in [1.807, 2.05) is 18.2 Å². The lowest BCUT2D eigenvalue weighted by atomic mass is 9.67. The van der Waals surface area contributed by atoms with E-state index in [9.17, 15) is 0 Å². The number of nitrogens with two attached hydrogens (primary N) is 1. The van der Waals surface area contributed by atoms with Crippen molar-refractivity contribution in [3.05, 3.63) is 28.2 Å². The molecular weight excluding hydrogens is 308 g/mol. The Balaban J connectivity index is 2.11. The zero-order valence-electron chi connectivity index (χ0n) is 10.6. The molecule has 0 amide bonds. The topological polar surface area (TPSA) is 38.0 Å². The van der Waals surface area contributed by atoms with Crippen molar-refractivity contribution < 1.29 is 0 Å². The minimum absolute atomic E-state index is 0.443. The summed E-state index contributed by atoms with van der Waals surface area (Å²) >= 11 is 8.56. The van der Waals surface area contributed by atoms with E-state index >= 15 is 0 Å². The third-order valence-electron chi connectivity index (χ3n) is 4.07. The summed E-state index contributed by atoms with van der Waals surface area (Å²) in [5, 5.41) is 3.53. The lowest BCUT2D eigenvalue weighted by Crippen LogP contribution is -2.36. The highest BCUT2D eigenvalue weighted by molar-refractivity contribution is 9.10.